The molecule has 4 rings (SSSR count). The number of benzene rings is 3. The smallest absolute Gasteiger partial charge is 0.328 e. The number of rotatable bonds is 5. The van der Waals surface area contributed by atoms with Crippen LogP contribution in [0.25, 0.3) is 10.9 Å². The molecule has 3 aromatic carbocycles. The molecule has 0 atom stereocenters. The molecular formula is C26H22Cl2N4O4. The van der Waals surface area contributed by atoms with E-state index in [9.17, 15) is 14.4 Å². The highest BCUT2D eigenvalue weighted by atomic mass is 35.5. The van der Waals surface area contributed by atoms with Gasteiger partial charge in [0.1, 0.15) is 17.0 Å². The fourth-order valence-corrected chi connectivity index (χ4v) is 3.91. The maximum absolute atomic E-state index is 13.2. The number of ether oxygens (including phenoxy) is 1. The lowest BCUT2D eigenvalue weighted by Gasteiger charge is -2.14. The van der Waals surface area contributed by atoms with E-state index in [0.717, 1.165) is 11.1 Å². The molecule has 0 bridgehead atoms. The highest BCUT2D eigenvalue weighted by molar-refractivity contribution is 6.42. The number of anilines is 2. The van der Waals surface area contributed by atoms with E-state index < -0.39 is 17.7 Å². The zero-order valence-electron chi connectivity index (χ0n) is 19.6. The van der Waals surface area contributed by atoms with Crippen LogP contribution in [0.1, 0.15) is 21.6 Å². The number of para-hydroxylation sites is 1. The highest BCUT2D eigenvalue weighted by Crippen LogP contribution is 2.29. The number of hydrogen-bond acceptors (Lipinski definition) is 4. The van der Waals surface area contributed by atoms with E-state index in [2.05, 4.69) is 16.1 Å². The van der Waals surface area contributed by atoms with Crippen LogP contribution in [0, 0.1) is 13.8 Å². The number of halogens is 2. The Morgan fingerprint density at radius 1 is 0.806 bits per heavy atom. The Hall–Kier alpha value is -4.01. The topological polar surface area (TPSA) is 101 Å². The molecule has 0 spiro atoms. The molecule has 0 saturated carbocycles. The number of fused-ring (bicyclic) bond motifs is 1. The summed E-state index contributed by atoms with van der Waals surface area (Å²) in [5.74, 6) is -2.07. The molecule has 36 heavy (non-hydrogen) atoms. The summed E-state index contributed by atoms with van der Waals surface area (Å²) in [5, 5.41) is 6.83. The van der Waals surface area contributed by atoms with Gasteiger partial charge in [0.15, 0.2) is 0 Å². The number of aromatic nitrogens is 1. The van der Waals surface area contributed by atoms with Gasteiger partial charge in [0.05, 0.1) is 7.11 Å². The standard InChI is InChI=1S/C26H22Cl2N4O4/c1-14-7-9-17(12-19(14)27)29-24(33)21-11-16-5-4-6-22(36-3)23(16)32(21)31-26(35)25(34)30-18-10-8-15(2)20(28)13-18/h4-13H,1-3H3,(H,29,33)(H,30,34)(H,31,35). The van der Waals surface area contributed by atoms with Crippen LogP contribution in [0.15, 0.2) is 60.7 Å². The lowest BCUT2D eigenvalue weighted by molar-refractivity contribution is -0.133. The van der Waals surface area contributed by atoms with E-state index in [1.165, 1.54) is 11.8 Å². The fraction of sp³-hybridized carbons (Fsp3) is 0.115. The summed E-state index contributed by atoms with van der Waals surface area (Å²) in [6.07, 6.45) is 0. The second kappa shape index (κ2) is 10.3. The number of nitrogens with one attached hydrogen (secondary N) is 3. The van der Waals surface area contributed by atoms with Gasteiger partial charge in [-0.2, -0.15) is 0 Å². The molecule has 0 aliphatic rings. The summed E-state index contributed by atoms with van der Waals surface area (Å²) in [5.41, 5.74) is 5.51. The molecule has 3 amide bonds. The van der Waals surface area contributed by atoms with Crippen molar-refractivity contribution in [3.63, 3.8) is 0 Å². The van der Waals surface area contributed by atoms with Crippen molar-refractivity contribution in [3.05, 3.63) is 87.5 Å². The lowest BCUT2D eigenvalue weighted by Crippen LogP contribution is -2.36. The third kappa shape index (κ3) is 5.15. The number of aryl methyl sites for hydroxylation is 2. The Bertz CT molecular complexity index is 1510. The van der Waals surface area contributed by atoms with Crippen molar-refractivity contribution in [1.29, 1.82) is 0 Å². The van der Waals surface area contributed by atoms with Crippen molar-refractivity contribution in [2.24, 2.45) is 0 Å². The van der Waals surface area contributed by atoms with Crippen LogP contribution in [0.4, 0.5) is 11.4 Å². The molecule has 8 nitrogen and oxygen atoms in total. The highest BCUT2D eigenvalue weighted by Gasteiger charge is 2.23. The monoisotopic (exact) mass is 524 g/mol. The molecule has 0 fully saturated rings. The van der Waals surface area contributed by atoms with Crippen LogP contribution >= 0.6 is 23.2 Å². The molecule has 3 N–H and O–H groups in total. The number of methoxy groups -OCH3 is 1. The zero-order valence-corrected chi connectivity index (χ0v) is 21.1. The summed E-state index contributed by atoms with van der Waals surface area (Å²) in [6.45, 7) is 3.67. The van der Waals surface area contributed by atoms with Gasteiger partial charge in [-0.15, -0.1) is 0 Å². The van der Waals surface area contributed by atoms with Crippen LogP contribution in [0.3, 0.4) is 0 Å². The van der Waals surface area contributed by atoms with Gasteiger partial charge in [0.2, 0.25) is 0 Å². The minimum atomic E-state index is -0.998. The molecule has 10 heteroatoms. The quantitative estimate of drug-likeness (QED) is 0.298. The normalized spacial score (nSPS) is 10.7. The average Bonchev–Trinajstić information content (AvgIpc) is 3.22. The van der Waals surface area contributed by atoms with Crippen molar-refractivity contribution < 1.29 is 19.1 Å². The largest absolute Gasteiger partial charge is 0.494 e. The molecule has 4 aromatic rings. The summed E-state index contributed by atoms with van der Waals surface area (Å²) in [7, 11) is 1.47. The minimum absolute atomic E-state index is 0.0747. The van der Waals surface area contributed by atoms with Crippen molar-refractivity contribution in [3.8, 4) is 5.75 Å². The van der Waals surface area contributed by atoms with Crippen LogP contribution in [0.2, 0.25) is 10.0 Å². The first-order valence-corrected chi connectivity index (χ1v) is 11.6. The predicted molar refractivity (Wildman–Crippen MR) is 142 cm³/mol. The minimum Gasteiger partial charge on any atom is -0.494 e. The molecular weight excluding hydrogens is 503 g/mol. The maximum Gasteiger partial charge on any atom is 0.328 e. The number of carbonyl (C=O) groups is 3. The van der Waals surface area contributed by atoms with E-state index in [4.69, 9.17) is 27.9 Å². The molecule has 0 aliphatic carbocycles. The molecule has 184 valence electrons. The van der Waals surface area contributed by atoms with Gasteiger partial charge in [-0.3, -0.25) is 19.8 Å². The van der Waals surface area contributed by atoms with Gasteiger partial charge < -0.3 is 15.4 Å². The van der Waals surface area contributed by atoms with Gasteiger partial charge >= 0.3 is 11.8 Å². The predicted octanol–water partition coefficient (Wildman–Crippen LogP) is 5.53. The van der Waals surface area contributed by atoms with Gasteiger partial charge in [0, 0.05) is 26.8 Å². The van der Waals surface area contributed by atoms with Crippen molar-refractivity contribution >= 4 is 63.2 Å². The summed E-state index contributed by atoms with van der Waals surface area (Å²) in [4.78, 5) is 38.7. The number of amides is 3. The van der Waals surface area contributed by atoms with Crippen LogP contribution in [0.5, 0.6) is 5.75 Å². The summed E-state index contributed by atoms with van der Waals surface area (Å²) in [6, 6.07) is 16.8. The summed E-state index contributed by atoms with van der Waals surface area (Å²) >= 11 is 12.3. The Morgan fingerprint density at radius 3 is 2.00 bits per heavy atom. The Labute approximate surface area is 217 Å². The molecule has 0 unspecified atom stereocenters. The second-order valence-corrected chi connectivity index (χ2v) is 8.85. The van der Waals surface area contributed by atoms with Gasteiger partial charge in [-0.25, -0.2) is 4.68 Å². The third-order valence-electron chi connectivity index (χ3n) is 5.52. The van der Waals surface area contributed by atoms with Crippen LogP contribution in [-0.4, -0.2) is 29.5 Å². The second-order valence-electron chi connectivity index (χ2n) is 8.04. The van der Waals surface area contributed by atoms with E-state index >= 15 is 0 Å². The first-order valence-electron chi connectivity index (χ1n) is 10.8. The molecule has 1 aromatic heterocycles. The van der Waals surface area contributed by atoms with Gasteiger partial charge in [0.25, 0.3) is 5.91 Å². The SMILES string of the molecule is COc1cccc2cc(C(=O)Nc3ccc(C)c(Cl)c3)n(NC(=O)C(=O)Nc3ccc(C)c(Cl)c3)c12. The van der Waals surface area contributed by atoms with E-state index in [-0.39, 0.29) is 5.69 Å². The first-order chi connectivity index (χ1) is 17.2. The van der Waals surface area contributed by atoms with E-state index in [1.54, 1.807) is 60.7 Å². The van der Waals surface area contributed by atoms with Crippen LogP contribution < -0.4 is 20.8 Å². The Balaban J connectivity index is 1.66. The lowest BCUT2D eigenvalue weighted by atomic mass is 10.2. The molecule has 0 saturated heterocycles. The van der Waals surface area contributed by atoms with Gasteiger partial charge in [-0.1, -0.05) is 47.5 Å². The van der Waals surface area contributed by atoms with Gasteiger partial charge in [-0.05, 0) is 61.4 Å². The Kier molecular flexibility index (Phi) is 7.19. The average molecular weight is 525 g/mol. The number of nitrogens with zero attached hydrogens (tertiary/aromatic N) is 1. The van der Waals surface area contributed by atoms with Crippen molar-refractivity contribution in [1.82, 2.24) is 4.68 Å². The van der Waals surface area contributed by atoms with Crippen molar-refractivity contribution in [2.45, 2.75) is 13.8 Å². The van der Waals surface area contributed by atoms with Crippen LogP contribution in [-0.2, 0) is 9.59 Å². The Morgan fingerprint density at radius 2 is 1.42 bits per heavy atom. The molecule has 0 radical (unpaired) electrons. The van der Waals surface area contributed by atoms with E-state index in [0.29, 0.717) is 38.1 Å². The number of carbonyl (C=O) groups excluding carboxylic acids is 3. The maximum atomic E-state index is 13.2. The van der Waals surface area contributed by atoms with Crippen molar-refractivity contribution in [2.75, 3.05) is 23.2 Å². The molecule has 0 aliphatic heterocycles. The third-order valence-corrected chi connectivity index (χ3v) is 6.33. The summed E-state index contributed by atoms with van der Waals surface area (Å²) < 4.78 is 6.66. The molecule has 1 heterocycles. The first kappa shape index (κ1) is 25.1. The number of hydrogen-bond donors (Lipinski definition) is 3. The fourth-order valence-electron chi connectivity index (χ4n) is 3.55. The zero-order chi connectivity index (χ0) is 26.0. The van der Waals surface area contributed by atoms with E-state index in [1.807, 2.05) is 13.8 Å².